The number of aryl methyl sites for hydroxylation is 1. The highest BCUT2D eigenvalue weighted by atomic mass is 79.9. The summed E-state index contributed by atoms with van der Waals surface area (Å²) in [7, 11) is 2.00. The second-order valence-electron chi connectivity index (χ2n) is 1.54. The third-order valence-electron chi connectivity index (χ3n) is 0.865. The Labute approximate surface area is 59.7 Å². The molecule has 0 unspecified atom stereocenters. The molecule has 1 rings (SSSR count). The molecule has 0 atom stereocenters. The summed E-state index contributed by atoms with van der Waals surface area (Å²) < 4.78 is 2.00. The number of hydrogen-bond acceptors (Lipinski definition) is 0. The molecule has 0 bridgehead atoms. The van der Waals surface area contributed by atoms with Gasteiger partial charge in [-0.2, -0.15) is 0 Å². The maximum atomic E-state index is 2.00. The normalized spacial score (nSPS) is 7.62. The topological polar surface area (TPSA) is 3.88 Å². The zero-order valence-electron chi connectivity index (χ0n) is 4.71. The van der Waals surface area contributed by atoms with E-state index in [0.717, 1.165) is 0 Å². The van der Waals surface area contributed by atoms with Gasteiger partial charge in [-0.05, 0) is 0 Å². The Morgan fingerprint density at radius 2 is 1.50 bits per heavy atom. The first-order valence-corrected chi connectivity index (χ1v) is 2.30. The molecular weight excluding hydrogens is 166 g/mol. The highest BCUT2D eigenvalue weighted by Gasteiger charge is 1.78. The van der Waals surface area contributed by atoms with Crippen molar-refractivity contribution in [3.63, 3.8) is 0 Å². The van der Waals surface area contributed by atoms with Crippen LogP contribution in [0.15, 0.2) is 30.6 Å². The smallest absolute Gasteiger partial charge is 0.168 e. The van der Waals surface area contributed by atoms with Crippen molar-refractivity contribution in [2.45, 2.75) is 0 Å². The van der Waals surface area contributed by atoms with Crippen LogP contribution in [0, 0.1) is 0 Å². The van der Waals surface area contributed by atoms with Crippen LogP contribution in [-0.4, -0.2) is 0 Å². The summed E-state index contributed by atoms with van der Waals surface area (Å²) in [6.45, 7) is 0. The zero-order valence-corrected chi connectivity index (χ0v) is 6.30. The van der Waals surface area contributed by atoms with Gasteiger partial charge in [0.2, 0.25) is 0 Å². The van der Waals surface area contributed by atoms with E-state index in [9.17, 15) is 0 Å². The summed E-state index contributed by atoms with van der Waals surface area (Å²) in [5.41, 5.74) is 0. The van der Waals surface area contributed by atoms with Crippen molar-refractivity contribution in [1.29, 1.82) is 0 Å². The van der Waals surface area contributed by atoms with Gasteiger partial charge in [0, 0.05) is 12.1 Å². The van der Waals surface area contributed by atoms with E-state index in [1.165, 1.54) is 0 Å². The van der Waals surface area contributed by atoms with Crippen LogP contribution >= 0.6 is 0 Å². The van der Waals surface area contributed by atoms with E-state index in [0.29, 0.717) is 0 Å². The molecule has 0 radical (unpaired) electrons. The van der Waals surface area contributed by atoms with Crippen molar-refractivity contribution in [2.24, 2.45) is 7.05 Å². The van der Waals surface area contributed by atoms with Gasteiger partial charge in [0.25, 0.3) is 0 Å². The predicted octanol–water partition coefficient (Wildman–Crippen LogP) is -2.48. The summed E-state index contributed by atoms with van der Waals surface area (Å²) in [6, 6.07) is 6.00. The minimum Gasteiger partial charge on any atom is -1.00 e. The lowest BCUT2D eigenvalue weighted by molar-refractivity contribution is -0.671. The fourth-order valence-electron chi connectivity index (χ4n) is 0.485. The average Bonchev–Trinajstić information content (AvgIpc) is 1.69. The van der Waals surface area contributed by atoms with Gasteiger partial charge < -0.3 is 17.0 Å². The molecule has 0 aliphatic rings. The molecule has 0 amide bonds. The van der Waals surface area contributed by atoms with Crippen LogP contribution in [0.25, 0.3) is 0 Å². The first-order chi connectivity index (χ1) is 3.39. The molecule has 1 aromatic heterocycles. The Hall–Kier alpha value is -0.370. The van der Waals surface area contributed by atoms with E-state index in [-0.39, 0.29) is 17.0 Å². The van der Waals surface area contributed by atoms with Gasteiger partial charge in [-0.1, -0.05) is 6.07 Å². The fourth-order valence-corrected chi connectivity index (χ4v) is 0.485. The molecule has 1 heterocycles. The number of hydrogen-bond donors (Lipinski definition) is 0. The molecule has 0 spiro atoms. The maximum absolute atomic E-state index is 2.00. The average molecular weight is 174 g/mol. The van der Waals surface area contributed by atoms with E-state index in [1.54, 1.807) is 0 Å². The highest BCUT2D eigenvalue weighted by molar-refractivity contribution is 4.83. The summed E-state index contributed by atoms with van der Waals surface area (Å²) in [6.07, 6.45) is 4.00. The Morgan fingerprint density at radius 3 is 1.75 bits per heavy atom. The Bertz CT molecular complexity index is 138. The van der Waals surface area contributed by atoms with Gasteiger partial charge in [0.1, 0.15) is 7.05 Å². The van der Waals surface area contributed by atoms with Gasteiger partial charge in [0.05, 0.1) is 0 Å². The molecular formula is C6H8BrN. The van der Waals surface area contributed by atoms with Crippen LogP contribution < -0.4 is 21.5 Å². The first kappa shape index (κ1) is 7.63. The van der Waals surface area contributed by atoms with Gasteiger partial charge in [-0.25, -0.2) is 4.57 Å². The summed E-state index contributed by atoms with van der Waals surface area (Å²) in [5, 5.41) is 0. The number of halogens is 1. The fraction of sp³-hybridized carbons (Fsp3) is 0.167. The van der Waals surface area contributed by atoms with E-state index in [2.05, 4.69) is 0 Å². The zero-order chi connectivity index (χ0) is 5.11. The molecule has 0 saturated heterocycles. The number of aromatic nitrogens is 1. The Kier molecular flexibility index (Phi) is 3.44. The van der Waals surface area contributed by atoms with E-state index >= 15 is 0 Å². The number of pyridine rings is 1. The first-order valence-electron chi connectivity index (χ1n) is 2.30. The summed E-state index contributed by atoms with van der Waals surface area (Å²) >= 11 is 0. The molecule has 1 nitrogen and oxygen atoms in total. The minimum atomic E-state index is 0. The van der Waals surface area contributed by atoms with Gasteiger partial charge in [-0.3, -0.25) is 0 Å². The van der Waals surface area contributed by atoms with Crippen LogP contribution in [0.5, 0.6) is 0 Å². The molecule has 2 heteroatoms. The van der Waals surface area contributed by atoms with E-state index in [1.807, 2.05) is 42.2 Å². The van der Waals surface area contributed by atoms with Crippen LogP contribution in [0.4, 0.5) is 0 Å². The van der Waals surface area contributed by atoms with E-state index in [4.69, 9.17) is 0 Å². The van der Waals surface area contributed by atoms with Crippen molar-refractivity contribution in [3.05, 3.63) is 30.6 Å². The lowest BCUT2D eigenvalue weighted by Crippen LogP contribution is -3.00. The van der Waals surface area contributed by atoms with E-state index < -0.39 is 0 Å². The monoisotopic (exact) mass is 173 g/mol. The van der Waals surface area contributed by atoms with Gasteiger partial charge >= 0.3 is 0 Å². The highest BCUT2D eigenvalue weighted by Crippen LogP contribution is 1.71. The van der Waals surface area contributed by atoms with Crippen molar-refractivity contribution < 1.29 is 21.5 Å². The Morgan fingerprint density at radius 1 is 1.00 bits per heavy atom. The molecule has 0 aromatic carbocycles. The summed E-state index contributed by atoms with van der Waals surface area (Å²) in [5.74, 6) is 0. The quantitative estimate of drug-likeness (QED) is 0.383. The second kappa shape index (κ2) is 3.61. The molecule has 0 fully saturated rings. The molecule has 1 aromatic rings. The molecule has 8 heavy (non-hydrogen) atoms. The maximum Gasteiger partial charge on any atom is 0.168 e. The van der Waals surface area contributed by atoms with Crippen molar-refractivity contribution in [1.82, 2.24) is 0 Å². The van der Waals surface area contributed by atoms with Gasteiger partial charge in [-0.15, -0.1) is 0 Å². The van der Waals surface area contributed by atoms with Gasteiger partial charge in [0.15, 0.2) is 12.4 Å². The minimum absolute atomic E-state index is 0. The van der Waals surface area contributed by atoms with Crippen molar-refractivity contribution in [2.75, 3.05) is 0 Å². The lowest BCUT2D eigenvalue weighted by Gasteiger charge is -1.77. The number of rotatable bonds is 0. The molecule has 0 N–H and O–H groups in total. The Balaban J connectivity index is 0.000000490. The lowest BCUT2D eigenvalue weighted by atomic mass is 10.5. The third kappa shape index (κ3) is 2.07. The van der Waals surface area contributed by atoms with Crippen LogP contribution in [-0.2, 0) is 7.05 Å². The van der Waals surface area contributed by atoms with Crippen LogP contribution in [0.3, 0.4) is 0 Å². The standard InChI is InChI=1S/C6H8N.BrH/c1-7-5-3-2-4-6-7;/h2-6H,1H3;1H/q+1;/p-1. The third-order valence-corrected chi connectivity index (χ3v) is 0.865. The van der Waals surface area contributed by atoms with Crippen molar-refractivity contribution in [3.8, 4) is 0 Å². The number of nitrogens with zero attached hydrogens (tertiary/aromatic N) is 1. The summed E-state index contributed by atoms with van der Waals surface area (Å²) in [4.78, 5) is 0. The predicted molar refractivity (Wildman–Crippen MR) is 27.6 cm³/mol. The SMILES string of the molecule is C[n+]1ccccc1.[Br-]. The molecule has 0 saturated carbocycles. The second-order valence-corrected chi connectivity index (χ2v) is 1.54. The van der Waals surface area contributed by atoms with Crippen LogP contribution in [0.1, 0.15) is 0 Å². The molecule has 0 aliphatic heterocycles. The largest absolute Gasteiger partial charge is 1.00 e. The van der Waals surface area contributed by atoms with Crippen LogP contribution in [0.2, 0.25) is 0 Å². The molecule has 0 aliphatic carbocycles. The van der Waals surface area contributed by atoms with Crippen molar-refractivity contribution >= 4 is 0 Å². The molecule has 44 valence electrons.